The van der Waals surface area contributed by atoms with Crippen molar-refractivity contribution in [3.8, 4) is 0 Å². The highest BCUT2D eigenvalue weighted by Gasteiger charge is 2.62. The van der Waals surface area contributed by atoms with Crippen LogP contribution in [-0.2, 0) is 20.7 Å². The van der Waals surface area contributed by atoms with Crippen molar-refractivity contribution in [1.29, 1.82) is 0 Å². The predicted molar refractivity (Wildman–Crippen MR) is 122 cm³/mol. The van der Waals surface area contributed by atoms with Gasteiger partial charge in [0.1, 0.15) is 17.7 Å². The van der Waals surface area contributed by atoms with Crippen LogP contribution in [0.4, 0.5) is 25.5 Å². The molecule has 0 aliphatic carbocycles. The normalized spacial score (nSPS) is 33.9. The number of aromatic nitrogens is 1. The number of ether oxygens (including phenoxy) is 2. The van der Waals surface area contributed by atoms with E-state index in [1.165, 1.54) is 4.90 Å². The van der Waals surface area contributed by atoms with Gasteiger partial charge in [-0.3, -0.25) is 15.0 Å². The van der Waals surface area contributed by atoms with Gasteiger partial charge >= 0.3 is 12.1 Å². The van der Waals surface area contributed by atoms with Gasteiger partial charge in [-0.25, -0.2) is 14.0 Å². The lowest BCUT2D eigenvalue weighted by Gasteiger charge is -2.57. The van der Waals surface area contributed by atoms with Gasteiger partial charge in [-0.05, 0) is 38.3 Å². The van der Waals surface area contributed by atoms with Gasteiger partial charge in [0.25, 0.3) is 0 Å². The number of nitrogens with one attached hydrogen (secondary N) is 2. The minimum Gasteiger partial charge on any atom is -0.444 e. The summed E-state index contributed by atoms with van der Waals surface area (Å²) in [6.07, 6.45) is -2.84. The fourth-order valence-corrected chi connectivity index (χ4v) is 6.20. The zero-order chi connectivity index (χ0) is 25.5. The molecule has 5 heterocycles. The van der Waals surface area contributed by atoms with Gasteiger partial charge in [-0.15, -0.1) is 0 Å². The number of carbonyl (C=O) groups excluding carboxylic acids is 3. The number of aliphatic hydroxyl groups excluding tert-OH is 1. The number of hydrogen-bond acceptors (Lipinski definition) is 9. The summed E-state index contributed by atoms with van der Waals surface area (Å²) in [4.78, 5) is 40.8. The van der Waals surface area contributed by atoms with E-state index in [1.54, 1.807) is 17.9 Å². The minimum absolute atomic E-state index is 0.0988. The molecule has 2 aromatic rings. The third-order valence-electron chi connectivity index (χ3n) is 7.71. The number of imide groups is 1. The van der Waals surface area contributed by atoms with Crippen LogP contribution in [-0.4, -0.2) is 72.0 Å². The van der Waals surface area contributed by atoms with Crippen LogP contribution < -0.4 is 20.4 Å². The van der Waals surface area contributed by atoms with E-state index in [4.69, 9.17) is 14.0 Å². The Morgan fingerprint density at radius 2 is 2.06 bits per heavy atom. The number of fused-ring (bicyclic) bond motifs is 5. The van der Waals surface area contributed by atoms with Crippen LogP contribution in [0.25, 0.3) is 11.0 Å². The van der Waals surface area contributed by atoms with E-state index in [2.05, 4.69) is 15.8 Å². The van der Waals surface area contributed by atoms with Gasteiger partial charge < -0.3 is 29.3 Å². The van der Waals surface area contributed by atoms with E-state index < -0.39 is 47.6 Å². The molecule has 1 aromatic heterocycles. The lowest BCUT2D eigenvalue weighted by atomic mass is 9.66. The number of nitrogens with zero attached hydrogens (tertiary/aromatic N) is 3. The summed E-state index contributed by atoms with van der Waals surface area (Å²) < 4.78 is 32.8. The Kier molecular flexibility index (Phi) is 4.96. The first-order chi connectivity index (χ1) is 17.1. The molecule has 0 radical (unpaired) electrons. The maximum Gasteiger partial charge on any atom is 0.416 e. The number of amides is 4. The third-order valence-corrected chi connectivity index (χ3v) is 7.71. The molecule has 3 fully saturated rings. The summed E-state index contributed by atoms with van der Waals surface area (Å²) in [6, 6.07) is 0.0323. The molecule has 1 aromatic carbocycles. The molecule has 4 aliphatic rings. The van der Waals surface area contributed by atoms with Crippen molar-refractivity contribution in [2.24, 2.45) is 5.41 Å². The predicted octanol–water partition coefficient (Wildman–Crippen LogP) is 1.38. The zero-order valence-corrected chi connectivity index (χ0v) is 19.9. The molecule has 192 valence electrons. The van der Waals surface area contributed by atoms with E-state index in [-0.39, 0.29) is 54.2 Å². The van der Waals surface area contributed by atoms with Gasteiger partial charge in [0, 0.05) is 6.54 Å². The maximum atomic E-state index is 16.1. The Morgan fingerprint density at radius 1 is 1.28 bits per heavy atom. The van der Waals surface area contributed by atoms with Crippen LogP contribution in [0.2, 0.25) is 0 Å². The Balaban J connectivity index is 1.54. The van der Waals surface area contributed by atoms with Gasteiger partial charge in [0.2, 0.25) is 11.5 Å². The first-order valence-electron chi connectivity index (χ1n) is 12.0. The van der Waals surface area contributed by atoms with Crippen LogP contribution in [0.5, 0.6) is 0 Å². The molecule has 36 heavy (non-hydrogen) atoms. The molecule has 0 bridgehead atoms. The van der Waals surface area contributed by atoms with Crippen LogP contribution in [0, 0.1) is 11.2 Å². The smallest absolute Gasteiger partial charge is 0.416 e. The fourth-order valence-electron chi connectivity index (χ4n) is 6.20. The lowest BCUT2D eigenvalue weighted by Crippen LogP contribution is -2.76. The second-order valence-electron chi connectivity index (χ2n) is 9.90. The lowest BCUT2D eigenvalue weighted by molar-refractivity contribution is -0.155. The summed E-state index contributed by atoms with van der Waals surface area (Å²) in [6.45, 7) is 5.95. The second kappa shape index (κ2) is 7.77. The summed E-state index contributed by atoms with van der Waals surface area (Å²) in [5.41, 5.74) is -1.06. The van der Waals surface area contributed by atoms with E-state index in [0.29, 0.717) is 12.0 Å². The van der Waals surface area contributed by atoms with Crippen molar-refractivity contribution in [1.82, 2.24) is 15.8 Å². The first-order valence-corrected chi connectivity index (χ1v) is 12.0. The average Bonchev–Trinajstić information content (AvgIpc) is 3.39. The van der Waals surface area contributed by atoms with E-state index in [0.717, 1.165) is 0 Å². The first kappa shape index (κ1) is 23.0. The molecule has 13 heteroatoms. The number of hydrogen-bond donors (Lipinski definition) is 3. The molecule has 1 spiro atoms. The molecule has 6 atom stereocenters. The minimum atomic E-state index is -1.56. The molecule has 3 saturated heterocycles. The van der Waals surface area contributed by atoms with Crippen molar-refractivity contribution in [2.75, 3.05) is 22.9 Å². The van der Waals surface area contributed by atoms with Gasteiger partial charge in [0.05, 0.1) is 35.9 Å². The standard InChI is InChI=1S/C23H26FN5O7/c1-4-12-8-29(22(33)35-12)18-13-5-11-6-23(19(30)25-21(32)26-20(23)31)17-10(3)34-9(2)7-28(17)15(11)14(24)16(13)36-27-18/h5,9-10,12,17,19,30H,4,6-8H2,1-3H3,(H2,25,26,31,32)/t9-,10+,12+,17-,19?,23?/m1/s1. The van der Waals surface area contributed by atoms with Crippen molar-refractivity contribution < 1.29 is 37.9 Å². The summed E-state index contributed by atoms with van der Waals surface area (Å²) in [5, 5.41) is 20.0. The summed E-state index contributed by atoms with van der Waals surface area (Å²) in [7, 11) is 0. The average molecular weight is 503 g/mol. The van der Waals surface area contributed by atoms with Crippen molar-refractivity contribution in [3.63, 3.8) is 0 Å². The highest BCUT2D eigenvalue weighted by Crippen LogP contribution is 2.50. The number of aliphatic hydroxyl groups is 1. The second-order valence-corrected chi connectivity index (χ2v) is 9.90. The number of halogens is 1. The summed E-state index contributed by atoms with van der Waals surface area (Å²) in [5.74, 6) is -1.24. The van der Waals surface area contributed by atoms with Crippen molar-refractivity contribution >= 4 is 40.5 Å². The van der Waals surface area contributed by atoms with E-state index in [9.17, 15) is 19.5 Å². The highest BCUT2D eigenvalue weighted by molar-refractivity contribution is 6.03. The zero-order valence-electron chi connectivity index (χ0n) is 19.9. The number of urea groups is 1. The molecule has 6 rings (SSSR count). The quantitative estimate of drug-likeness (QED) is 0.553. The van der Waals surface area contributed by atoms with E-state index in [1.807, 2.05) is 13.8 Å². The van der Waals surface area contributed by atoms with Gasteiger partial charge in [0.15, 0.2) is 11.6 Å². The fraction of sp³-hybridized carbons (Fsp3) is 0.565. The number of cyclic esters (lactones) is 1. The molecule has 3 N–H and O–H groups in total. The molecule has 4 amide bonds. The van der Waals surface area contributed by atoms with Crippen molar-refractivity contribution in [3.05, 3.63) is 17.4 Å². The molecule has 0 saturated carbocycles. The SMILES string of the molecule is CC[C@H]1CN(c2noc3c(F)c4c(cc23)CC2(C(=O)NC(=O)NC2O)[C@H]2[C@H](C)O[C@H](C)CN42)C(=O)O1. The number of carbonyl (C=O) groups is 3. The Hall–Kier alpha value is -3.45. The summed E-state index contributed by atoms with van der Waals surface area (Å²) >= 11 is 0. The number of anilines is 2. The van der Waals surface area contributed by atoms with E-state index >= 15 is 4.39 Å². The van der Waals surface area contributed by atoms with Crippen LogP contribution >= 0.6 is 0 Å². The number of benzene rings is 1. The Labute approximate surface area is 204 Å². The van der Waals surface area contributed by atoms with Crippen LogP contribution in [0.3, 0.4) is 0 Å². The molecule has 2 unspecified atom stereocenters. The topological polar surface area (TPSA) is 146 Å². The highest BCUT2D eigenvalue weighted by atomic mass is 19.1. The van der Waals surface area contributed by atoms with Crippen molar-refractivity contribution in [2.45, 2.75) is 64.2 Å². The molecular weight excluding hydrogens is 477 g/mol. The van der Waals surface area contributed by atoms with Gasteiger partial charge in [-0.1, -0.05) is 12.1 Å². The largest absolute Gasteiger partial charge is 0.444 e. The number of rotatable bonds is 2. The third kappa shape index (κ3) is 2.98. The Bertz CT molecular complexity index is 1300. The molecular formula is C23H26FN5O7. The van der Waals surface area contributed by atoms with Gasteiger partial charge in [-0.2, -0.15) is 0 Å². The maximum absolute atomic E-state index is 16.1. The monoisotopic (exact) mass is 503 g/mol. The number of morpholine rings is 1. The van der Waals surface area contributed by atoms with Crippen LogP contribution in [0.15, 0.2) is 10.6 Å². The molecule has 4 aliphatic heterocycles. The Morgan fingerprint density at radius 3 is 2.75 bits per heavy atom. The van der Waals surface area contributed by atoms with Crippen LogP contribution in [0.1, 0.15) is 32.8 Å². The molecule has 12 nitrogen and oxygen atoms in total.